The van der Waals surface area contributed by atoms with Crippen LogP contribution in [0.4, 0.5) is 4.39 Å². The number of allylic oxidation sites excluding steroid dienone is 1. The molecule has 3 aromatic carbocycles. The molecule has 38 heavy (non-hydrogen) atoms. The van der Waals surface area contributed by atoms with Gasteiger partial charge in [0.25, 0.3) is 0 Å². The van der Waals surface area contributed by atoms with Gasteiger partial charge in [-0.25, -0.2) is 0 Å². The first-order chi connectivity index (χ1) is 18.4. The highest BCUT2D eigenvalue weighted by molar-refractivity contribution is 5.96. The number of ether oxygens (including phenoxy) is 2. The Kier molecular flexibility index (Phi) is 7.31. The molecule has 0 aliphatic carbocycles. The van der Waals surface area contributed by atoms with Crippen LogP contribution in [-0.2, 0) is 0 Å². The Morgan fingerprint density at radius 2 is 1.89 bits per heavy atom. The van der Waals surface area contributed by atoms with Gasteiger partial charge in [-0.15, -0.1) is 6.42 Å². The second-order valence-corrected chi connectivity index (χ2v) is 10.2. The van der Waals surface area contributed by atoms with Gasteiger partial charge < -0.3 is 19.7 Å². The number of fused-ring (bicyclic) bond motifs is 1. The molecule has 1 fully saturated rings. The minimum atomic E-state index is -0.463. The summed E-state index contributed by atoms with van der Waals surface area (Å²) in [6, 6.07) is 18.1. The SMILES string of the molecule is C#Cc1cc(O)cc(C2=C(C)c3cc(O)ccc3OC2c2ccc(OC[C@H](C)N3CC[C@@H](CF)C3)cc2)c1. The highest BCUT2D eigenvalue weighted by Crippen LogP contribution is 2.48. The molecule has 3 aromatic rings. The number of alkyl halides is 1. The molecule has 2 heterocycles. The maximum Gasteiger partial charge on any atom is 0.150 e. The highest BCUT2D eigenvalue weighted by atomic mass is 19.1. The van der Waals surface area contributed by atoms with Crippen molar-refractivity contribution in [2.24, 2.45) is 5.92 Å². The molecule has 2 aliphatic heterocycles. The molecule has 0 aromatic heterocycles. The van der Waals surface area contributed by atoms with E-state index >= 15 is 0 Å². The monoisotopic (exact) mass is 513 g/mol. The second-order valence-electron chi connectivity index (χ2n) is 10.2. The van der Waals surface area contributed by atoms with Gasteiger partial charge in [0.1, 0.15) is 35.7 Å². The van der Waals surface area contributed by atoms with Crippen molar-refractivity contribution in [2.45, 2.75) is 32.4 Å². The fourth-order valence-corrected chi connectivity index (χ4v) is 5.34. The molecule has 1 unspecified atom stereocenters. The fourth-order valence-electron chi connectivity index (χ4n) is 5.34. The third-order valence-electron chi connectivity index (χ3n) is 7.51. The number of hydrogen-bond donors (Lipinski definition) is 2. The van der Waals surface area contributed by atoms with Crippen molar-refractivity contribution >= 4 is 11.1 Å². The third-order valence-corrected chi connectivity index (χ3v) is 7.51. The molecule has 5 rings (SSSR count). The zero-order valence-electron chi connectivity index (χ0n) is 21.7. The van der Waals surface area contributed by atoms with Crippen LogP contribution in [0.2, 0.25) is 0 Å². The van der Waals surface area contributed by atoms with E-state index in [1.807, 2.05) is 37.3 Å². The molecule has 5 nitrogen and oxygen atoms in total. The standard InChI is InChI=1S/C32H32FNO4/c1-4-22-13-25(15-27(36)14-22)31-21(3)29-16-26(35)7-10-30(29)38-32(31)24-5-8-28(9-6-24)37-19-20(2)34-12-11-23(17-33)18-34/h1,5-10,13-16,20,23,32,35-36H,11-12,17-19H2,2-3H3/t20-,23-,32?/m0/s1. The zero-order chi connectivity index (χ0) is 26.8. The highest BCUT2D eigenvalue weighted by Gasteiger charge is 2.30. The largest absolute Gasteiger partial charge is 0.508 e. The summed E-state index contributed by atoms with van der Waals surface area (Å²) >= 11 is 0. The van der Waals surface area contributed by atoms with E-state index in [0.29, 0.717) is 17.9 Å². The van der Waals surface area contributed by atoms with Crippen LogP contribution in [0.15, 0.2) is 60.7 Å². The average Bonchev–Trinajstić information content (AvgIpc) is 3.41. The van der Waals surface area contributed by atoms with E-state index in [2.05, 4.69) is 17.7 Å². The first kappa shape index (κ1) is 25.7. The molecule has 0 bridgehead atoms. The zero-order valence-corrected chi connectivity index (χ0v) is 21.7. The molecule has 0 radical (unpaired) electrons. The summed E-state index contributed by atoms with van der Waals surface area (Å²) in [6.07, 6.45) is 6.08. The van der Waals surface area contributed by atoms with Gasteiger partial charge in [-0.1, -0.05) is 18.1 Å². The van der Waals surface area contributed by atoms with E-state index < -0.39 is 6.10 Å². The third kappa shape index (κ3) is 5.20. The quantitative estimate of drug-likeness (QED) is 0.368. The number of benzene rings is 3. The lowest BCUT2D eigenvalue weighted by atomic mass is 9.85. The predicted molar refractivity (Wildman–Crippen MR) is 147 cm³/mol. The van der Waals surface area contributed by atoms with Crippen LogP contribution in [0.3, 0.4) is 0 Å². The van der Waals surface area contributed by atoms with E-state index in [1.54, 1.807) is 30.3 Å². The second kappa shape index (κ2) is 10.8. The summed E-state index contributed by atoms with van der Waals surface area (Å²) in [4.78, 5) is 2.28. The van der Waals surface area contributed by atoms with Crippen molar-refractivity contribution < 1.29 is 24.1 Å². The van der Waals surface area contributed by atoms with Gasteiger partial charge in [0.15, 0.2) is 0 Å². The molecule has 3 atom stereocenters. The Balaban J connectivity index is 1.42. The van der Waals surface area contributed by atoms with Crippen LogP contribution in [0.25, 0.3) is 11.1 Å². The summed E-state index contributed by atoms with van der Waals surface area (Å²) in [5.41, 5.74) is 4.79. The summed E-state index contributed by atoms with van der Waals surface area (Å²) in [7, 11) is 0. The fraction of sp³-hybridized carbons (Fsp3) is 0.312. The molecule has 0 amide bonds. The van der Waals surface area contributed by atoms with E-state index in [9.17, 15) is 14.6 Å². The lowest BCUT2D eigenvalue weighted by Crippen LogP contribution is -2.35. The summed E-state index contributed by atoms with van der Waals surface area (Å²) in [5, 5.41) is 20.5. The van der Waals surface area contributed by atoms with Crippen LogP contribution in [0.5, 0.6) is 23.0 Å². The average molecular weight is 514 g/mol. The lowest BCUT2D eigenvalue weighted by molar-refractivity contribution is 0.165. The van der Waals surface area contributed by atoms with E-state index in [-0.39, 0.29) is 30.1 Å². The Morgan fingerprint density at radius 1 is 1.11 bits per heavy atom. The van der Waals surface area contributed by atoms with Gasteiger partial charge >= 0.3 is 0 Å². The molecular formula is C32H32FNO4. The van der Waals surface area contributed by atoms with Gasteiger partial charge in [0.05, 0.1) is 6.67 Å². The van der Waals surface area contributed by atoms with Gasteiger partial charge in [0.2, 0.25) is 0 Å². The van der Waals surface area contributed by atoms with E-state index in [0.717, 1.165) is 53.1 Å². The first-order valence-electron chi connectivity index (χ1n) is 12.9. The minimum absolute atomic E-state index is 0.0740. The van der Waals surface area contributed by atoms with Gasteiger partial charge in [-0.05, 0) is 92.0 Å². The van der Waals surface area contributed by atoms with Crippen molar-refractivity contribution in [3.8, 4) is 35.3 Å². The van der Waals surface area contributed by atoms with Crippen LogP contribution >= 0.6 is 0 Å². The maximum absolute atomic E-state index is 13.0. The number of nitrogens with zero attached hydrogens (tertiary/aromatic N) is 1. The lowest BCUT2D eigenvalue weighted by Gasteiger charge is -2.31. The first-order valence-corrected chi connectivity index (χ1v) is 12.9. The number of hydrogen-bond acceptors (Lipinski definition) is 5. The number of phenolic OH excluding ortho intramolecular Hbond substituents is 2. The molecule has 2 N–H and O–H groups in total. The summed E-state index contributed by atoms with van der Waals surface area (Å²) in [5.74, 6) is 4.37. The van der Waals surface area contributed by atoms with Crippen LogP contribution in [0, 0.1) is 18.3 Å². The predicted octanol–water partition coefficient (Wildman–Crippen LogP) is 6.20. The molecule has 6 heteroatoms. The molecule has 0 saturated carbocycles. The Labute approximate surface area is 223 Å². The van der Waals surface area contributed by atoms with Gasteiger partial charge in [-0.2, -0.15) is 0 Å². The number of likely N-dealkylation sites (tertiary alicyclic amines) is 1. The van der Waals surface area contributed by atoms with E-state index in [4.69, 9.17) is 15.9 Å². The molecule has 196 valence electrons. The van der Waals surface area contributed by atoms with Crippen LogP contribution in [0.1, 0.15) is 48.6 Å². The smallest absolute Gasteiger partial charge is 0.150 e. The molecule has 1 saturated heterocycles. The Bertz CT molecular complexity index is 1390. The number of phenols is 2. The number of terminal acetylenes is 1. The summed E-state index contributed by atoms with van der Waals surface area (Å²) < 4.78 is 25.5. The summed E-state index contributed by atoms with van der Waals surface area (Å²) in [6.45, 7) is 6.04. The van der Waals surface area contributed by atoms with E-state index in [1.165, 1.54) is 0 Å². The van der Waals surface area contributed by atoms with Crippen molar-refractivity contribution in [1.29, 1.82) is 0 Å². The van der Waals surface area contributed by atoms with Crippen LogP contribution in [-0.4, -0.2) is 47.5 Å². The molecule has 0 spiro atoms. The van der Waals surface area contributed by atoms with Crippen molar-refractivity contribution in [3.63, 3.8) is 0 Å². The number of halogens is 1. The molecule has 2 aliphatic rings. The normalized spacial score (nSPS) is 19.9. The van der Waals surface area contributed by atoms with Gasteiger partial charge in [-0.3, -0.25) is 9.29 Å². The maximum atomic E-state index is 13.0. The topological polar surface area (TPSA) is 62.2 Å². The van der Waals surface area contributed by atoms with Crippen LogP contribution < -0.4 is 9.47 Å². The van der Waals surface area contributed by atoms with Crippen molar-refractivity contribution in [1.82, 2.24) is 4.90 Å². The Morgan fingerprint density at radius 3 is 2.61 bits per heavy atom. The minimum Gasteiger partial charge on any atom is -0.508 e. The van der Waals surface area contributed by atoms with Crippen molar-refractivity contribution in [3.05, 3.63) is 82.9 Å². The number of rotatable bonds is 7. The van der Waals surface area contributed by atoms with Crippen molar-refractivity contribution in [2.75, 3.05) is 26.4 Å². The Hall–Kier alpha value is -3.95. The number of aromatic hydroxyl groups is 2. The molecular weight excluding hydrogens is 481 g/mol. The van der Waals surface area contributed by atoms with Gasteiger partial charge in [0, 0.05) is 35.2 Å².